The van der Waals surface area contributed by atoms with E-state index in [2.05, 4.69) is 5.32 Å². The van der Waals surface area contributed by atoms with Gasteiger partial charge in [0.1, 0.15) is 11.5 Å². The molecular formula is C19H21F5N2O3S. The molecule has 1 aliphatic carbocycles. The van der Waals surface area contributed by atoms with Gasteiger partial charge in [-0.1, -0.05) is 6.92 Å². The highest BCUT2D eigenvalue weighted by atomic mass is 32.2. The van der Waals surface area contributed by atoms with Crippen molar-refractivity contribution in [3.8, 4) is 0 Å². The Bertz CT molecular complexity index is 1070. The fourth-order valence-electron chi connectivity index (χ4n) is 2.38. The molecule has 0 aliphatic heterocycles. The highest BCUT2D eigenvalue weighted by molar-refractivity contribution is 7.90. The molecule has 11 heteroatoms. The monoisotopic (exact) mass is 452 g/mol. The van der Waals surface area contributed by atoms with Crippen LogP contribution in [-0.2, 0) is 16.9 Å². The van der Waals surface area contributed by atoms with Gasteiger partial charge >= 0.3 is 6.18 Å². The average molecular weight is 452 g/mol. The summed E-state index contributed by atoms with van der Waals surface area (Å²) >= 11 is 0. The van der Waals surface area contributed by atoms with Gasteiger partial charge in [0.2, 0.25) is 0 Å². The van der Waals surface area contributed by atoms with Crippen LogP contribution in [0, 0.1) is 24.0 Å². The van der Waals surface area contributed by atoms with Gasteiger partial charge in [-0.05, 0) is 38.0 Å². The van der Waals surface area contributed by atoms with Crippen molar-refractivity contribution in [2.75, 3.05) is 11.6 Å². The van der Waals surface area contributed by atoms with E-state index in [4.69, 9.17) is 0 Å². The number of amides is 1. The number of anilines is 1. The normalized spacial score (nSPS) is 15.2. The number of rotatable bonds is 3. The Hall–Kier alpha value is -2.43. The van der Waals surface area contributed by atoms with Gasteiger partial charge in [0.25, 0.3) is 5.91 Å². The lowest BCUT2D eigenvalue weighted by Gasteiger charge is -2.11. The summed E-state index contributed by atoms with van der Waals surface area (Å²) in [5, 5.41) is 2.30. The molecule has 1 saturated carbocycles. The number of alkyl halides is 3. The van der Waals surface area contributed by atoms with Crippen LogP contribution in [0.15, 0.2) is 29.3 Å². The lowest BCUT2D eigenvalue weighted by atomic mass is 10.1. The number of aromatic nitrogens is 1. The minimum absolute atomic E-state index is 0.0177. The molecule has 1 N–H and O–H groups in total. The Balaban J connectivity index is 0.000000335. The van der Waals surface area contributed by atoms with E-state index in [0.717, 1.165) is 18.4 Å². The molecule has 1 amide bonds. The molecule has 1 aromatic heterocycles. The van der Waals surface area contributed by atoms with Crippen molar-refractivity contribution in [1.82, 2.24) is 4.57 Å². The van der Waals surface area contributed by atoms with Crippen molar-refractivity contribution in [2.24, 2.45) is 12.5 Å². The first-order valence-corrected chi connectivity index (χ1v) is 10.6. The molecule has 1 heterocycles. The molecule has 5 nitrogen and oxygen atoms in total. The first kappa shape index (κ1) is 23.8. The van der Waals surface area contributed by atoms with Gasteiger partial charge in [-0.3, -0.25) is 4.79 Å². The van der Waals surface area contributed by atoms with Crippen molar-refractivity contribution in [1.29, 1.82) is 0 Å². The maximum absolute atomic E-state index is 13.9. The lowest BCUT2D eigenvalue weighted by Crippen LogP contribution is -2.20. The number of nitrogens with one attached hydrogen (secondary N) is 1. The molecule has 166 valence electrons. The maximum atomic E-state index is 13.9. The first-order chi connectivity index (χ1) is 13.6. The summed E-state index contributed by atoms with van der Waals surface area (Å²) in [6, 6.07) is 3.34. The van der Waals surface area contributed by atoms with Crippen LogP contribution >= 0.6 is 0 Å². The van der Waals surface area contributed by atoms with Crippen LogP contribution in [-0.4, -0.2) is 31.3 Å². The third kappa shape index (κ3) is 5.18. The predicted octanol–water partition coefficient (Wildman–Crippen LogP) is 4.62. The highest BCUT2D eigenvalue weighted by Gasteiger charge is 2.59. The molecule has 3 rings (SSSR count). The number of nitrogens with zero attached hydrogens (tertiary/aromatic N) is 1. The van der Waals surface area contributed by atoms with E-state index in [0.29, 0.717) is 12.8 Å². The lowest BCUT2D eigenvalue weighted by molar-refractivity contribution is -0.181. The smallest absolute Gasteiger partial charge is 0.345 e. The molecule has 0 atom stereocenters. The van der Waals surface area contributed by atoms with Gasteiger partial charge in [-0.2, -0.15) is 13.2 Å². The largest absolute Gasteiger partial charge is 0.394 e. The van der Waals surface area contributed by atoms with Crippen LogP contribution in [0.2, 0.25) is 0 Å². The molecular weight excluding hydrogens is 431 g/mol. The minimum Gasteiger partial charge on any atom is -0.345 e. The van der Waals surface area contributed by atoms with Crippen molar-refractivity contribution < 1.29 is 35.2 Å². The summed E-state index contributed by atoms with van der Waals surface area (Å²) in [5.74, 6) is -2.28. The maximum Gasteiger partial charge on any atom is 0.394 e. The molecule has 0 radical (unpaired) electrons. The highest BCUT2D eigenvalue weighted by Crippen LogP contribution is 2.56. The van der Waals surface area contributed by atoms with Crippen molar-refractivity contribution in [3.05, 3.63) is 47.3 Å². The van der Waals surface area contributed by atoms with Crippen LogP contribution in [0.1, 0.15) is 35.8 Å². The third-order valence-electron chi connectivity index (χ3n) is 4.89. The second-order valence-electron chi connectivity index (χ2n) is 7.49. The minimum atomic E-state index is -3.95. The Morgan fingerprint density at radius 2 is 1.77 bits per heavy atom. The zero-order chi connectivity index (χ0) is 23.1. The fourth-order valence-corrected chi connectivity index (χ4v) is 3.05. The Morgan fingerprint density at radius 3 is 2.17 bits per heavy atom. The summed E-state index contributed by atoms with van der Waals surface area (Å²) in [6.45, 7) is 2.51. The Labute approximate surface area is 170 Å². The van der Waals surface area contributed by atoms with Crippen molar-refractivity contribution in [3.63, 3.8) is 0 Å². The van der Waals surface area contributed by atoms with Crippen molar-refractivity contribution in [2.45, 2.75) is 37.8 Å². The SMILES string of the molecule is CC1(C(F)(F)F)CC1.Cc1c(F)ccc(NC(=O)c2cc(S(C)(=O)=O)cn2C)c1F. The molecule has 0 spiro atoms. The summed E-state index contributed by atoms with van der Waals surface area (Å²) in [7, 11) is -1.96. The summed E-state index contributed by atoms with van der Waals surface area (Å²) in [4.78, 5) is 12.1. The molecule has 1 fully saturated rings. The number of benzene rings is 1. The molecule has 2 aromatic rings. The van der Waals surface area contributed by atoms with E-state index in [9.17, 15) is 35.2 Å². The average Bonchev–Trinajstić information content (AvgIpc) is 3.25. The number of aryl methyl sites for hydroxylation is 1. The van der Waals surface area contributed by atoms with Crippen LogP contribution in [0.25, 0.3) is 0 Å². The number of sulfone groups is 1. The fraction of sp³-hybridized carbons (Fsp3) is 0.421. The van der Waals surface area contributed by atoms with E-state index < -0.39 is 39.0 Å². The topological polar surface area (TPSA) is 68.2 Å². The summed E-state index contributed by atoms with van der Waals surface area (Å²) in [6.07, 6.45) is -1.01. The van der Waals surface area contributed by atoms with E-state index >= 15 is 0 Å². The predicted molar refractivity (Wildman–Crippen MR) is 101 cm³/mol. The third-order valence-corrected chi connectivity index (χ3v) is 5.97. The quantitative estimate of drug-likeness (QED) is 0.692. The van der Waals surface area contributed by atoms with Crippen LogP contribution < -0.4 is 5.32 Å². The van der Waals surface area contributed by atoms with Crippen LogP contribution in [0.3, 0.4) is 0 Å². The van der Waals surface area contributed by atoms with Gasteiger partial charge in [0.05, 0.1) is 16.0 Å². The van der Waals surface area contributed by atoms with Gasteiger partial charge in [-0.25, -0.2) is 17.2 Å². The van der Waals surface area contributed by atoms with Crippen molar-refractivity contribution >= 4 is 21.4 Å². The van der Waals surface area contributed by atoms with Gasteiger partial charge in [-0.15, -0.1) is 0 Å². The zero-order valence-corrected chi connectivity index (χ0v) is 17.5. The molecule has 0 unspecified atom stereocenters. The van der Waals surface area contributed by atoms with Gasteiger partial charge in [0.15, 0.2) is 15.7 Å². The van der Waals surface area contributed by atoms with E-state index in [-0.39, 0.29) is 21.8 Å². The summed E-state index contributed by atoms with van der Waals surface area (Å²) in [5.41, 5.74) is -1.65. The summed E-state index contributed by atoms with van der Waals surface area (Å²) < 4.78 is 86.2. The second-order valence-corrected chi connectivity index (χ2v) is 9.51. The van der Waals surface area contributed by atoms with E-state index in [1.807, 2.05) is 0 Å². The Kier molecular flexibility index (Phi) is 6.37. The number of carbonyl (C=O) groups excluding carboxylic acids is 1. The molecule has 1 aliphatic rings. The first-order valence-electron chi connectivity index (χ1n) is 8.76. The van der Waals surface area contributed by atoms with Gasteiger partial charge in [0, 0.05) is 25.1 Å². The zero-order valence-electron chi connectivity index (χ0n) is 16.7. The Morgan fingerprint density at radius 1 is 1.20 bits per heavy atom. The second kappa shape index (κ2) is 8.01. The number of carbonyl (C=O) groups is 1. The number of hydrogen-bond donors (Lipinski definition) is 1. The molecule has 30 heavy (non-hydrogen) atoms. The van der Waals surface area contributed by atoms with E-state index in [1.165, 1.54) is 37.7 Å². The molecule has 0 saturated heterocycles. The van der Waals surface area contributed by atoms with Gasteiger partial charge < -0.3 is 9.88 Å². The van der Waals surface area contributed by atoms with E-state index in [1.54, 1.807) is 0 Å². The molecule has 1 aromatic carbocycles. The van der Waals surface area contributed by atoms with Crippen LogP contribution in [0.5, 0.6) is 0 Å². The standard InChI is InChI=1S/C14H14F2N2O3S.C5H7F3/c1-8-10(15)4-5-11(13(8)16)17-14(19)12-6-9(7-18(12)2)22(3,20)21;1-4(2-3-4)5(6,7)8/h4-7H,1-3H3,(H,17,19);2-3H2,1H3. The number of halogens is 5. The van der Waals surface area contributed by atoms with Crippen LogP contribution in [0.4, 0.5) is 27.6 Å². The number of hydrogen-bond acceptors (Lipinski definition) is 3. The molecule has 0 bridgehead atoms.